The normalized spacial score (nSPS) is 18.2. The topological polar surface area (TPSA) is 113 Å². The molecule has 1 fully saturated rings. The number of ether oxygens (including phenoxy) is 1. The first-order chi connectivity index (χ1) is 18.5. The maximum atomic E-state index is 13.4. The van der Waals surface area contributed by atoms with E-state index in [-0.39, 0.29) is 29.9 Å². The zero-order chi connectivity index (χ0) is 26.2. The number of anilines is 3. The lowest BCUT2D eigenvalue weighted by atomic mass is 10.1. The van der Waals surface area contributed by atoms with E-state index >= 15 is 0 Å². The van der Waals surface area contributed by atoms with Crippen molar-refractivity contribution in [3.63, 3.8) is 0 Å². The van der Waals surface area contributed by atoms with Crippen LogP contribution >= 0.6 is 11.3 Å². The molecule has 0 spiro atoms. The van der Waals surface area contributed by atoms with Gasteiger partial charge >= 0.3 is 6.03 Å². The highest BCUT2D eigenvalue weighted by Gasteiger charge is 2.35. The third-order valence-corrected chi connectivity index (χ3v) is 7.84. The fraction of sp³-hybridized carbons (Fsp3) is 0.214. The lowest BCUT2D eigenvalue weighted by Gasteiger charge is -2.28. The highest BCUT2D eigenvalue weighted by molar-refractivity contribution is 7.21. The maximum Gasteiger partial charge on any atom is 0.331 e. The Labute approximate surface area is 222 Å². The molecule has 0 bridgehead atoms. The molecule has 0 radical (unpaired) electrons. The van der Waals surface area contributed by atoms with Crippen molar-refractivity contribution in [2.24, 2.45) is 0 Å². The summed E-state index contributed by atoms with van der Waals surface area (Å²) in [5, 5.41) is 9.63. The summed E-state index contributed by atoms with van der Waals surface area (Å²) in [5.41, 5.74) is 1.77. The minimum absolute atomic E-state index is 0.102. The molecule has 6 rings (SSSR count). The molecule has 192 valence electrons. The second-order valence-corrected chi connectivity index (χ2v) is 10.3. The molecule has 2 aromatic carbocycles. The van der Waals surface area contributed by atoms with E-state index in [1.165, 1.54) is 18.3 Å². The summed E-state index contributed by atoms with van der Waals surface area (Å²) in [4.78, 5) is 45.3. The molecule has 2 aliphatic rings. The fourth-order valence-electron chi connectivity index (χ4n) is 5.09. The summed E-state index contributed by atoms with van der Waals surface area (Å²) < 4.78 is 5.88. The van der Waals surface area contributed by atoms with Crippen molar-refractivity contribution >= 4 is 56.5 Å². The van der Waals surface area contributed by atoms with E-state index in [0.717, 1.165) is 30.4 Å². The number of hydrogen-bond donors (Lipinski definition) is 3. The summed E-state index contributed by atoms with van der Waals surface area (Å²) in [5.74, 6) is 0.972. The first-order valence-electron chi connectivity index (χ1n) is 12.4. The van der Waals surface area contributed by atoms with Crippen LogP contribution in [-0.4, -0.2) is 34.9 Å². The van der Waals surface area contributed by atoms with Gasteiger partial charge in [-0.15, -0.1) is 11.3 Å². The van der Waals surface area contributed by atoms with Gasteiger partial charge in [0.2, 0.25) is 5.91 Å². The number of urea groups is 1. The van der Waals surface area contributed by atoms with Crippen LogP contribution < -0.4 is 25.6 Å². The van der Waals surface area contributed by atoms with Crippen molar-refractivity contribution in [3.05, 3.63) is 71.7 Å². The minimum Gasteiger partial charge on any atom is -0.457 e. The number of nitrogens with one attached hydrogen (secondary N) is 3. The predicted octanol–water partition coefficient (Wildman–Crippen LogP) is 5.56. The van der Waals surface area contributed by atoms with Crippen LogP contribution in [0.5, 0.6) is 11.5 Å². The molecule has 9 nitrogen and oxygen atoms in total. The summed E-state index contributed by atoms with van der Waals surface area (Å²) in [6.07, 6.45) is 4.16. The first-order valence-corrected chi connectivity index (χ1v) is 13.2. The van der Waals surface area contributed by atoms with Gasteiger partial charge in [0.15, 0.2) is 0 Å². The van der Waals surface area contributed by atoms with Crippen LogP contribution in [0.2, 0.25) is 0 Å². The fourth-order valence-corrected chi connectivity index (χ4v) is 6.11. The van der Waals surface area contributed by atoms with Gasteiger partial charge in [0.1, 0.15) is 21.2 Å². The number of carbonyl (C=O) groups excluding carboxylic acids is 3. The Balaban J connectivity index is 1.29. The molecule has 1 saturated carbocycles. The second kappa shape index (κ2) is 9.79. The van der Waals surface area contributed by atoms with Gasteiger partial charge in [0, 0.05) is 25.2 Å². The van der Waals surface area contributed by atoms with E-state index in [1.54, 1.807) is 17.2 Å². The molecule has 1 unspecified atom stereocenters. The number of pyridine rings is 1. The van der Waals surface area contributed by atoms with Crippen LogP contribution in [0.3, 0.4) is 0 Å². The van der Waals surface area contributed by atoms with Gasteiger partial charge in [-0.25, -0.2) is 9.78 Å². The zero-order valence-corrected chi connectivity index (χ0v) is 21.4. The number of thiophene rings is 1. The van der Waals surface area contributed by atoms with Crippen molar-refractivity contribution < 1.29 is 19.1 Å². The quantitative estimate of drug-likeness (QED) is 0.304. The maximum absolute atomic E-state index is 13.4. The average molecular weight is 528 g/mol. The van der Waals surface area contributed by atoms with Gasteiger partial charge in [0.25, 0.3) is 5.91 Å². The Morgan fingerprint density at radius 1 is 1.00 bits per heavy atom. The number of rotatable bonds is 6. The van der Waals surface area contributed by atoms with Gasteiger partial charge in [-0.3, -0.25) is 14.5 Å². The van der Waals surface area contributed by atoms with E-state index < -0.39 is 0 Å². The third kappa shape index (κ3) is 4.43. The number of para-hydroxylation sites is 1. The van der Waals surface area contributed by atoms with E-state index in [0.29, 0.717) is 32.5 Å². The summed E-state index contributed by atoms with van der Waals surface area (Å²) in [6.45, 7) is 1.48. The van der Waals surface area contributed by atoms with Crippen molar-refractivity contribution in [3.8, 4) is 11.5 Å². The molecule has 38 heavy (non-hydrogen) atoms. The van der Waals surface area contributed by atoms with E-state index in [2.05, 4.69) is 20.9 Å². The molecule has 3 heterocycles. The smallest absolute Gasteiger partial charge is 0.331 e. The highest BCUT2D eigenvalue weighted by Crippen LogP contribution is 2.46. The van der Waals surface area contributed by atoms with Crippen molar-refractivity contribution in [2.75, 3.05) is 10.2 Å². The number of hydrogen-bond acceptors (Lipinski definition) is 6. The SMILES string of the molecule is CC(=O)NC1CCC[C@@H]1NC(=O)c1sc2nccc3c2c1NC(=O)N3c1ccc(Oc2ccccc2)cc1. The molecular weight excluding hydrogens is 502 g/mol. The number of aromatic nitrogens is 1. The lowest BCUT2D eigenvalue weighted by molar-refractivity contribution is -0.119. The Hall–Kier alpha value is -4.44. The van der Waals surface area contributed by atoms with Gasteiger partial charge in [-0.05, 0) is 61.7 Å². The monoisotopic (exact) mass is 527 g/mol. The minimum atomic E-state index is -0.369. The first kappa shape index (κ1) is 23.9. The van der Waals surface area contributed by atoms with Crippen molar-refractivity contribution in [2.45, 2.75) is 38.3 Å². The molecule has 10 heteroatoms. The van der Waals surface area contributed by atoms with E-state index in [1.807, 2.05) is 54.6 Å². The largest absolute Gasteiger partial charge is 0.457 e. The summed E-state index contributed by atoms with van der Waals surface area (Å²) >= 11 is 1.24. The standard InChI is InChI=1S/C28H25N5O4S/c1-16(34)30-20-8-5-9-21(20)31-26(35)25-24-23-22(14-15-29-27(23)38-25)33(28(36)32-24)17-10-12-19(13-11-17)37-18-6-3-2-4-7-18/h2-4,6-7,10-15,20-21H,5,8-9H2,1H3,(H,30,34)(H,31,35)(H,32,36)/t20?,21-/m0/s1. The molecular formula is C28H25N5O4S. The van der Waals surface area contributed by atoms with Gasteiger partial charge in [-0.2, -0.15) is 0 Å². The molecule has 0 saturated heterocycles. The number of carbonyl (C=O) groups is 3. The van der Waals surface area contributed by atoms with Crippen LogP contribution in [0.1, 0.15) is 35.9 Å². The Bertz CT molecular complexity index is 1540. The molecule has 1 aliphatic heterocycles. The Kier molecular flexibility index (Phi) is 6.16. The van der Waals surface area contributed by atoms with Gasteiger partial charge in [-0.1, -0.05) is 18.2 Å². The highest BCUT2D eigenvalue weighted by atomic mass is 32.1. The van der Waals surface area contributed by atoms with Gasteiger partial charge in [0.05, 0.1) is 22.4 Å². The third-order valence-electron chi connectivity index (χ3n) is 6.75. The van der Waals surface area contributed by atoms with Crippen molar-refractivity contribution in [1.29, 1.82) is 0 Å². The number of nitrogens with zero attached hydrogens (tertiary/aromatic N) is 2. The Morgan fingerprint density at radius 3 is 2.45 bits per heavy atom. The van der Waals surface area contributed by atoms with Crippen LogP contribution in [-0.2, 0) is 4.79 Å². The average Bonchev–Trinajstić information content (AvgIpc) is 3.50. The number of benzene rings is 2. The zero-order valence-electron chi connectivity index (χ0n) is 20.6. The second-order valence-electron chi connectivity index (χ2n) is 9.31. The van der Waals surface area contributed by atoms with Crippen LogP contribution in [0.15, 0.2) is 66.9 Å². The lowest BCUT2D eigenvalue weighted by Crippen LogP contribution is -2.48. The Morgan fingerprint density at radius 2 is 1.71 bits per heavy atom. The molecule has 4 aromatic rings. The van der Waals surface area contributed by atoms with Gasteiger partial charge < -0.3 is 20.7 Å². The van der Waals surface area contributed by atoms with E-state index in [4.69, 9.17) is 4.74 Å². The molecule has 3 N–H and O–H groups in total. The van der Waals surface area contributed by atoms with Crippen LogP contribution in [0, 0.1) is 0 Å². The molecule has 2 atom stereocenters. The van der Waals surface area contributed by atoms with Crippen LogP contribution in [0.25, 0.3) is 10.2 Å². The van der Waals surface area contributed by atoms with Crippen molar-refractivity contribution in [1.82, 2.24) is 15.6 Å². The number of amides is 4. The molecule has 4 amide bonds. The summed E-state index contributed by atoms with van der Waals surface area (Å²) in [7, 11) is 0. The summed E-state index contributed by atoms with van der Waals surface area (Å²) in [6, 6.07) is 17.9. The van der Waals surface area contributed by atoms with Crippen LogP contribution in [0.4, 0.5) is 21.9 Å². The molecule has 1 aliphatic carbocycles. The van der Waals surface area contributed by atoms with E-state index in [9.17, 15) is 14.4 Å². The predicted molar refractivity (Wildman–Crippen MR) is 146 cm³/mol. The molecule has 2 aromatic heterocycles.